The van der Waals surface area contributed by atoms with Crippen LogP contribution in [-0.2, 0) is 9.84 Å². The first-order valence-electron chi connectivity index (χ1n) is 6.61. The zero-order chi connectivity index (χ0) is 14.9. The summed E-state index contributed by atoms with van der Waals surface area (Å²) in [6.45, 7) is 1.38. The van der Waals surface area contributed by atoms with Crippen molar-refractivity contribution in [2.75, 3.05) is 0 Å². The Hall–Kier alpha value is -1.43. The Morgan fingerprint density at radius 3 is 2.40 bits per heavy atom. The fourth-order valence-electron chi connectivity index (χ4n) is 2.62. The van der Waals surface area contributed by atoms with Crippen LogP contribution in [0.1, 0.15) is 48.0 Å². The highest BCUT2D eigenvalue weighted by Crippen LogP contribution is 2.30. The molecule has 0 aromatic heterocycles. The van der Waals surface area contributed by atoms with E-state index in [-0.39, 0.29) is 10.5 Å². The number of sulfone groups is 1. The van der Waals surface area contributed by atoms with Gasteiger partial charge in [-0.1, -0.05) is 19.3 Å². The van der Waals surface area contributed by atoms with Crippen LogP contribution in [0.3, 0.4) is 0 Å². The average Bonchev–Trinajstić information content (AvgIpc) is 2.42. The zero-order valence-corrected chi connectivity index (χ0v) is 12.0. The smallest absolute Gasteiger partial charge is 0.338 e. The minimum atomic E-state index is -3.59. The van der Waals surface area contributed by atoms with Crippen molar-refractivity contribution in [2.45, 2.75) is 49.2 Å². The second-order valence-corrected chi connectivity index (χ2v) is 7.44. The number of carboxylic acids is 1. The van der Waals surface area contributed by atoms with E-state index in [0.717, 1.165) is 25.3 Å². The van der Waals surface area contributed by atoms with Crippen molar-refractivity contribution in [1.82, 2.24) is 0 Å². The summed E-state index contributed by atoms with van der Waals surface area (Å²) in [7, 11) is -3.59. The Balaban J connectivity index is 2.49. The summed E-state index contributed by atoms with van der Waals surface area (Å²) in [6, 6.07) is 2.17. The van der Waals surface area contributed by atoms with Gasteiger partial charge in [0.05, 0.1) is 15.7 Å². The van der Waals surface area contributed by atoms with Crippen molar-refractivity contribution in [3.8, 4) is 0 Å². The number of halogens is 1. The van der Waals surface area contributed by atoms with Crippen LogP contribution < -0.4 is 0 Å². The summed E-state index contributed by atoms with van der Waals surface area (Å²) >= 11 is 0. The van der Waals surface area contributed by atoms with Gasteiger partial charge in [0.2, 0.25) is 0 Å². The first-order valence-corrected chi connectivity index (χ1v) is 8.16. The molecule has 1 N–H and O–H groups in total. The summed E-state index contributed by atoms with van der Waals surface area (Å²) in [4.78, 5) is 10.9. The fourth-order valence-corrected chi connectivity index (χ4v) is 4.59. The van der Waals surface area contributed by atoms with Gasteiger partial charge < -0.3 is 5.11 Å². The lowest BCUT2D eigenvalue weighted by atomic mass is 10.0. The van der Waals surface area contributed by atoms with Gasteiger partial charge in [-0.3, -0.25) is 0 Å². The first kappa shape index (κ1) is 15.0. The third-order valence-electron chi connectivity index (χ3n) is 3.78. The number of hydrogen-bond donors (Lipinski definition) is 1. The number of carboxylic acid groups (broad SMARTS) is 1. The molecule has 1 saturated carbocycles. The SMILES string of the molecule is Cc1cc(S(=O)(=O)C2CCCCC2)cc(C(=O)O)c1F. The van der Waals surface area contributed by atoms with Crippen LogP contribution in [0, 0.1) is 12.7 Å². The van der Waals surface area contributed by atoms with Gasteiger partial charge in [0.15, 0.2) is 9.84 Å². The van der Waals surface area contributed by atoms with E-state index in [4.69, 9.17) is 5.11 Å². The van der Waals surface area contributed by atoms with Gasteiger partial charge in [0.25, 0.3) is 0 Å². The van der Waals surface area contributed by atoms with Crippen molar-refractivity contribution in [3.05, 3.63) is 29.1 Å². The third kappa shape index (κ3) is 2.70. The first-order chi connectivity index (χ1) is 9.34. The highest BCUT2D eigenvalue weighted by molar-refractivity contribution is 7.92. The van der Waals surface area contributed by atoms with Crippen LogP contribution in [0.25, 0.3) is 0 Å². The predicted octanol–water partition coefficient (Wildman–Crippen LogP) is 2.94. The van der Waals surface area contributed by atoms with Gasteiger partial charge in [0.1, 0.15) is 5.82 Å². The number of benzene rings is 1. The molecule has 0 spiro atoms. The van der Waals surface area contributed by atoms with Gasteiger partial charge >= 0.3 is 5.97 Å². The summed E-state index contributed by atoms with van der Waals surface area (Å²) in [5.41, 5.74) is -0.543. The van der Waals surface area contributed by atoms with Gasteiger partial charge in [0, 0.05) is 0 Å². The van der Waals surface area contributed by atoms with E-state index < -0.39 is 32.4 Å². The van der Waals surface area contributed by atoms with Crippen molar-refractivity contribution < 1.29 is 22.7 Å². The molecule has 1 fully saturated rings. The van der Waals surface area contributed by atoms with Gasteiger partial charge in [-0.25, -0.2) is 17.6 Å². The summed E-state index contributed by atoms with van der Waals surface area (Å²) in [5.74, 6) is -2.33. The maximum Gasteiger partial charge on any atom is 0.338 e. The molecule has 1 aliphatic rings. The molecule has 0 aliphatic heterocycles. The molecule has 0 saturated heterocycles. The second kappa shape index (κ2) is 5.52. The van der Waals surface area contributed by atoms with E-state index in [2.05, 4.69) is 0 Å². The Morgan fingerprint density at radius 1 is 1.25 bits per heavy atom. The van der Waals surface area contributed by atoms with E-state index in [0.29, 0.717) is 12.8 Å². The standard InChI is InChI=1S/C14H17FO4S/c1-9-7-11(8-12(13(9)15)14(16)17)20(18,19)10-5-3-2-4-6-10/h7-8,10H,2-6H2,1H3,(H,16,17). The highest BCUT2D eigenvalue weighted by atomic mass is 32.2. The molecule has 0 atom stereocenters. The molecule has 0 radical (unpaired) electrons. The van der Waals surface area contributed by atoms with Crippen molar-refractivity contribution in [1.29, 1.82) is 0 Å². The van der Waals surface area contributed by atoms with Crippen LogP contribution in [0.2, 0.25) is 0 Å². The largest absolute Gasteiger partial charge is 0.478 e. The normalized spacial score (nSPS) is 17.1. The van der Waals surface area contributed by atoms with Crippen molar-refractivity contribution >= 4 is 15.8 Å². The summed E-state index contributed by atoms with van der Waals surface area (Å²) < 4.78 is 38.7. The van der Waals surface area contributed by atoms with Gasteiger partial charge in [-0.05, 0) is 37.5 Å². The van der Waals surface area contributed by atoms with E-state index in [1.165, 1.54) is 13.0 Å². The van der Waals surface area contributed by atoms with Crippen LogP contribution in [0.15, 0.2) is 17.0 Å². The summed E-state index contributed by atoms with van der Waals surface area (Å²) in [5, 5.41) is 8.47. The molecule has 1 aromatic rings. The van der Waals surface area contributed by atoms with Gasteiger partial charge in [-0.2, -0.15) is 0 Å². The quantitative estimate of drug-likeness (QED) is 0.871. The van der Waals surface area contributed by atoms with Crippen LogP contribution >= 0.6 is 0 Å². The molecule has 6 heteroatoms. The lowest BCUT2D eigenvalue weighted by Crippen LogP contribution is -2.24. The predicted molar refractivity (Wildman–Crippen MR) is 72.2 cm³/mol. The maximum absolute atomic E-state index is 13.7. The maximum atomic E-state index is 13.7. The molecule has 1 aliphatic carbocycles. The Bertz CT molecular complexity index is 631. The molecule has 0 bridgehead atoms. The number of aromatic carboxylic acids is 1. The molecule has 0 unspecified atom stereocenters. The molecule has 1 aromatic carbocycles. The lowest BCUT2D eigenvalue weighted by molar-refractivity contribution is 0.0691. The number of hydrogen-bond acceptors (Lipinski definition) is 3. The Morgan fingerprint density at radius 2 is 1.85 bits per heavy atom. The minimum Gasteiger partial charge on any atom is -0.478 e. The molecular weight excluding hydrogens is 283 g/mol. The number of rotatable bonds is 3. The number of aryl methyl sites for hydroxylation is 1. The molecule has 2 rings (SSSR count). The Labute approximate surface area is 117 Å². The van der Waals surface area contributed by atoms with Crippen molar-refractivity contribution in [2.24, 2.45) is 0 Å². The van der Waals surface area contributed by atoms with Crippen LogP contribution in [-0.4, -0.2) is 24.7 Å². The van der Waals surface area contributed by atoms with E-state index in [1.807, 2.05) is 0 Å². The Kier molecular flexibility index (Phi) is 4.13. The van der Waals surface area contributed by atoms with E-state index in [9.17, 15) is 17.6 Å². The van der Waals surface area contributed by atoms with E-state index >= 15 is 0 Å². The second-order valence-electron chi connectivity index (χ2n) is 5.21. The zero-order valence-electron chi connectivity index (χ0n) is 11.2. The monoisotopic (exact) mass is 300 g/mol. The number of carbonyl (C=O) groups is 1. The molecule has 20 heavy (non-hydrogen) atoms. The van der Waals surface area contributed by atoms with E-state index in [1.54, 1.807) is 0 Å². The van der Waals surface area contributed by atoms with Crippen LogP contribution in [0.5, 0.6) is 0 Å². The molecule has 0 amide bonds. The molecular formula is C14H17FO4S. The lowest BCUT2D eigenvalue weighted by Gasteiger charge is -2.22. The molecule has 110 valence electrons. The van der Waals surface area contributed by atoms with Gasteiger partial charge in [-0.15, -0.1) is 0 Å². The average molecular weight is 300 g/mol. The molecule has 0 heterocycles. The highest BCUT2D eigenvalue weighted by Gasteiger charge is 2.30. The third-order valence-corrected chi connectivity index (χ3v) is 6.02. The fraction of sp³-hybridized carbons (Fsp3) is 0.500. The topological polar surface area (TPSA) is 71.4 Å². The van der Waals surface area contributed by atoms with Crippen LogP contribution in [0.4, 0.5) is 4.39 Å². The summed E-state index contributed by atoms with van der Waals surface area (Å²) in [6.07, 6.45) is 3.91. The van der Waals surface area contributed by atoms with Crippen molar-refractivity contribution in [3.63, 3.8) is 0 Å². The minimum absolute atomic E-state index is 0.0410. The molecule has 4 nitrogen and oxygen atoms in total.